The van der Waals surface area contributed by atoms with E-state index in [1.807, 2.05) is 48.5 Å². The molecule has 2 aromatic carbocycles. The third kappa shape index (κ3) is 6.03. The number of hydrogen-bond donors (Lipinski definition) is 4. The molecule has 0 fully saturated rings. The van der Waals surface area contributed by atoms with Gasteiger partial charge in [-0.05, 0) is 36.0 Å². The molecule has 0 atom stereocenters. The van der Waals surface area contributed by atoms with Gasteiger partial charge in [0.05, 0.1) is 12.7 Å². The summed E-state index contributed by atoms with van der Waals surface area (Å²) in [4.78, 5) is 25.1. The molecule has 0 saturated carbocycles. The van der Waals surface area contributed by atoms with E-state index in [9.17, 15) is 9.59 Å². The molecule has 7 nitrogen and oxygen atoms in total. The number of esters is 1. The van der Waals surface area contributed by atoms with Crippen LogP contribution in [0.2, 0.25) is 0 Å². The van der Waals surface area contributed by atoms with Crippen molar-refractivity contribution in [2.24, 2.45) is 0 Å². The topological polar surface area (TPSA) is 91.5 Å². The van der Waals surface area contributed by atoms with Gasteiger partial charge in [0.25, 0.3) is 0 Å². The Kier molecular flexibility index (Phi) is 7.36. The molecule has 2 amide bonds. The first kappa shape index (κ1) is 21.3. The number of methoxy groups -OCH3 is 1. The number of benzene rings is 2. The summed E-state index contributed by atoms with van der Waals surface area (Å²) < 4.78 is 4.87. The lowest BCUT2D eigenvalue weighted by Crippen LogP contribution is -2.45. The van der Waals surface area contributed by atoms with Gasteiger partial charge in [0.1, 0.15) is 5.00 Å². The molecule has 0 unspecified atom stereocenters. The highest BCUT2D eigenvalue weighted by molar-refractivity contribution is 7.80. The fraction of sp³-hybridized carbons (Fsp3) is 0.0952. The Balaban J connectivity index is 1.61. The largest absolute Gasteiger partial charge is 0.465 e. The standard InChI is InChI=1S/C21H20N4O3S2/c1-28-19(26)17-13-16(12-14-8-4-2-5-9-14)30-18(17)23-21(29)25-24-20(27)22-15-10-6-3-7-11-15/h2-11,13H,12H2,1H3,(H2,22,24,27)(H2,23,25,29). The molecule has 0 spiro atoms. The van der Waals surface area contributed by atoms with Gasteiger partial charge >= 0.3 is 12.0 Å². The Bertz CT molecular complexity index is 1020. The van der Waals surface area contributed by atoms with E-state index >= 15 is 0 Å². The third-order valence-corrected chi connectivity index (χ3v) is 5.21. The number of carbonyl (C=O) groups excluding carboxylic acids is 2. The molecule has 0 bridgehead atoms. The number of thiophene rings is 1. The summed E-state index contributed by atoms with van der Waals surface area (Å²) in [5.74, 6) is -0.467. The molecule has 0 aliphatic heterocycles. The normalized spacial score (nSPS) is 10.0. The molecule has 9 heteroatoms. The number of ether oxygens (including phenoxy) is 1. The van der Waals surface area contributed by atoms with Crippen LogP contribution in [0.1, 0.15) is 20.8 Å². The summed E-state index contributed by atoms with van der Waals surface area (Å²) >= 11 is 6.63. The fourth-order valence-electron chi connectivity index (χ4n) is 2.61. The van der Waals surface area contributed by atoms with Gasteiger partial charge in [-0.15, -0.1) is 11.3 Å². The molecule has 0 saturated heterocycles. The van der Waals surface area contributed by atoms with Gasteiger partial charge in [-0.1, -0.05) is 48.5 Å². The average molecular weight is 441 g/mol. The van der Waals surface area contributed by atoms with Crippen molar-refractivity contribution in [2.75, 3.05) is 17.7 Å². The number of hydrogen-bond acceptors (Lipinski definition) is 5. The minimum absolute atomic E-state index is 0.136. The van der Waals surface area contributed by atoms with Crippen LogP contribution in [0, 0.1) is 0 Å². The number of para-hydroxylation sites is 1. The maximum absolute atomic E-state index is 12.2. The maximum Gasteiger partial charge on any atom is 0.340 e. The molecule has 4 N–H and O–H groups in total. The molecule has 1 heterocycles. The van der Waals surface area contributed by atoms with Crippen molar-refractivity contribution < 1.29 is 14.3 Å². The van der Waals surface area contributed by atoms with Crippen molar-refractivity contribution in [3.05, 3.63) is 82.7 Å². The predicted molar refractivity (Wildman–Crippen MR) is 123 cm³/mol. The lowest BCUT2D eigenvalue weighted by atomic mass is 10.1. The Labute approximate surface area is 183 Å². The first-order chi connectivity index (χ1) is 14.5. The maximum atomic E-state index is 12.2. The van der Waals surface area contributed by atoms with E-state index in [4.69, 9.17) is 17.0 Å². The number of rotatable bonds is 5. The van der Waals surface area contributed by atoms with Crippen LogP contribution in [0.5, 0.6) is 0 Å². The Morgan fingerprint density at radius 1 is 0.967 bits per heavy atom. The Morgan fingerprint density at radius 2 is 1.63 bits per heavy atom. The van der Waals surface area contributed by atoms with Crippen LogP contribution < -0.4 is 21.5 Å². The van der Waals surface area contributed by atoms with E-state index in [1.165, 1.54) is 18.4 Å². The molecular weight excluding hydrogens is 420 g/mol. The number of amides is 2. The van der Waals surface area contributed by atoms with Crippen LogP contribution in [0.3, 0.4) is 0 Å². The van der Waals surface area contributed by atoms with Crippen molar-refractivity contribution in [2.45, 2.75) is 6.42 Å². The molecular formula is C21H20N4O3S2. The van der Waals surface area contributed by atoms with Crippen LogP contribution in [-0.2, 0) is 11.2 Å². The van der Waals surface area contributed by atoms with Gasteiger partial charge < -0.3 is 15.4 Å². The van der Waals surface area contributed by atoms with Gasteiger partial charge in [0.2, 0.25) is 0 Å². The summed E-state index contributed by atoms with van der Waals surface area (Å²) in [5.41, 5.74) is 7.21. The molecule has 0 aliphatic rings. The summed E-state index contributed by atoms with van der Waals surface area (Å²) in [5, 5.41) is 6.28. The predicted octanol–water partition coefficient (Wildman–Crippen LogP) is 4.15. The smallest absolute Gasteiger partial charge is 0.340 e. The number of nitrogens with one attached hydrogen (secondary N) is 4. The number of thiocarbonyl (C=S) groups is 1. The third-order valence-electron chi connectivity index (χ3n) is 3.96. The molecule has 30 heavy (non-hydrogen) atoms. The monoisotopic (exact) mass is 440 g/mol. The molecule has 3 rings (SSSR count). The number of carbonyl (C=O) groups is 2. The van der Waals surface area contributed by atoms with Crippen molar-refractivity contribution in [1.29, 1.82) is 0 Å². The second kappa shape index (κ2) is 10.4. The number of hydrazine groups is 1. The highest BCUT2D eigenvalue weighted by atomic mass is 32.1. The zero-order valence-electron chi connectivity index (χ0n) is 16.1. The minimum atomic E-state index is -0.477. The number of anilines is 2. The molecule has 1 aromatic heterocycles. The van der Waals surface area contributed by atoms with Crippen LogP contribution >= 0.6 is 23.6 Å². The lowest BCUT2D eigenvalue weighted by molar-refractivity contribution is 0.0602. The van der Waals surface area contributed by atoms with Gasteiger partial charge in [-0.3, -0.25) is 5.43 Å². The van der Waals surface area contributed by atoms with Gasteiger partial charge in [-0.25, -0.2) is 15.0 Å². The first-order valence-electron chi connectivity index (χ1n) is 8.99. The minimum Gasteiger partial charge on any atom is -0.465 e. The quantitative estimate of drug-likeness (QED) is 0.271. The summed E-state index contributed by atoms with van der Waals surface area (Å²) in [6, 6.07) is 20.2. The van der Waals surface area contributed by atoms with Crippen molar-refractivity contribution in [1.82, 2.24) is 10.9 Å². The fourth-order valence-corrected chi connectivity index (χ4v) is 3.91. The van der Waals surface area contributed by atoms with Crippen LogP contribution in [0.4, 0.5) is 15.5 Å². The Hall–Kier alpha value is -3.43. The first-order valence-corrected chi connectivity index (χ1v) is 10.2. The highest BCUT2D eigenvalue weighted by Gasteiger charge is 2.18. The highest BCUT2D eigenvalue weighted by Crippen LogP contribution is 2.30. The Morgan fingerprint density at radius 3 is 2.30 bits per heavy atom. The molecule has 3 aromatic rings. The van der Waals surface area contributed by atoms with Crippen molar-refractivity contribution in [3.63, 3.8) is 0 Å². The molecule has 0 radical (unpaired) electrons. The van der Waals surface area contributed by atoms with Crippen molar-refractivity contribution in [3.8, 4) is 0 Å². The van der Waals surface area contributed by atoms with E-state index in [2.05, 4.69) is 21.5 Å². The van der Waals surface area contributed by atoms with Crippen LogP contribution in [-0.4, -0.2) is 24.2 Å². The summed E-state index contributed by atoms with van der Waals surface area (Å²) in [6.07, 6.45) is 0.676. The zero-order chi connectivity index (χ0) is 21.3. The van der Waals surface area contributed by atoms with E-state index in [1.54, 1.807) is 18.2 Å². The zero-order valence-corrected chi connectivity index (χ0v) is 17.7. The lowest BCUT2D eigenvalue weighted by Gasteiger charge is -2.12. The van der Waals surface area contributed by atoms with Gasteiger partial charge in [0.15, 0.2) is 5.11 Å². The second-order valence-corrected chi connectivity index (χ2v) is 7.68. The number of urea groups is 1. The molecule has 154 valence electrons. The van der Waals surface area contributed by atoms with E-state index < -0.39 is 12.0 Å². The van der Waals surface area contributed by atoms with E-state index in [0.29, 0.717) is 22.7 Å². The second-order valence-electron chi connectivity index (χ2n) is 6.13. The van der Waals surface area contributed by atoms with Crippen molar-refractivity contribution >= 4 is 51.4 Å². The van der Waals surface area contributed by atoms with Crippen LogP contribution in [0.25, 0.3) is 0 Å². The summed E-state index contributed by atoms with van der Waals surface area (Å²) in [7, 11) is 1.33. The average Bonchev–Trinajstić information content (AvgIpc) is 3.15. The molecule has 0 aliphatic carbocycles. The van der Waals surface area contributed by atoms with E-state index in [-0.39, 0.29) is 5.11 Å². The van der Waals surface area contributed by atoms with E-state index in [0.717, 1.165) is 10.4 Å². The van der Waals surface area contributed by atoms with Gasteiger partial charge in [0, 0.05) is 17.0 Å². The summed E-state index contributed by atoms with van der Waals surface area (Å²) in [6.45, 7) is 0. The van der Waals surface area contributed by atoms with Crippen LogP contribution in [0.15, 0.2) is 66.7 Å². The SMILES string of the molecule is COC(=O)c1cc(Cc2ccccc2)sc1NC(=S)NNC(=O)Nc1ccccc1. The van der Waals surface area contributed by atoms with Gasteiger partial charge in [-0.2, -0.15) is 0 Å².